The number of amides is 1. The van der Waals surface area contributed by atoms with E-state index in [4.69, 9.17) is 4.74 Å². The van der Waals surface area contributed by atoms with Crippen LogP contribution in [-0.2, 0) is 10.5 Å². The van der Waals surface area contributed by atoms with Crippen molar-refractivity contribution in [3.05, 3.63) is 83.1 Å². The summed E-state index contributed by atoms with van der Waals surface area (Å²) in [7, 11) is 0. The van der Waals surface area contributed by atoms with E-state index < -0.39 is 0 Å². The van der Waals surface area contributed by atoms with Crippen molar-refractivity contribution in [2.45, 2.75) is 10.6 Å². The number of pyridine rings is 1. The highest BCUT2D eigenvalue weighted by molar-refractivity contribution is 9.10. The van der Waals surface area contributed by atoms with Crippen molar-refractivity contribution in [2.24, 2.45) is 0 Å². The summed E-state index contributed by atoms with van der Waals surface area (Å²) >= 11 is 5.09. The Morgan fingerprint density at radius 1 is 1.08 bits per heavy atom. The van der Waals surface area contributed by atoms with Crippen molar-refractivity contribution in [1.82, 2.24) is 4.98 Å². The predicted molar refractivity (Wildman–Crippen MR) is 109 cm³/mol. The third-order valence-corrected chi connectivity index (χ3v) is 5.06. The summed E-state index contributed by atoms with van der Waals surface area (Å²) in [6, 6.07) is 19.1. The van der Waals surface area contributed by atoms with Gasteiger partial charge in [0.15, 0.2) is 6.61 Å². The Balaban J connectivity index is 1.45. The first-order valence-corrected chi connectivity index (χ1v) is 9.77. The molecule has 1 amide bonds. The molecule has 0 spiro atoms. The molecule has 4 nitrogen and oxygen atoms in total. The average Bonchev–Trinajstić information content (AvgIpc) is 2.68. The van der Waals surface area contributed by atoms with Crippen LogP contribution in [0.15, 0.2) is 82.4 Å². The summed E-state index contributed by atoms with van der Waals surface area (Å²) in [6.07, 6.45) is 3.64. The first-order chi connectivity index (χ1) is 12.7. The van der Waals surface area contributed by atoms with Crippen LogP contribution in [0.25, 0.3) is 0 Å². The summed E-state index contributed by atoms with van der Waals surface area (Å²) in [6.45, 7) is -0.0286. The van der Waals surface area contributed by atoms with Gasteiger partial charge in [0.2, 0.25) is 0 Å². The quantitative estimate of drug-likeness (QED) is 0.528. The van der Waals surface area contributed by atoms with Gasteiger partial charge in [0.1, 0.15) is 5.75 Å². The molecule has 26 heavy (non-hydrogen) atoms. The lowest BCUT2D eigenvalue weighted by Crippen LogP contribution is -2.20. The monoisotopic (exact) mass is 428 g/mol. The summed E-state index contributed by atoms with van der Waals surface area (Å²) in [5.41, 5.74) is 1.93. The second-order valence-electron chi connectivity index (χ2n) is 5.47. The molecule has 0 fully saturated rings. The first-order valence-electron chi connectivity index (χ1n) is 7.99. The van der Waals surface area contributed by atoms with Crippen LogP contribution < -0.4 is 10.1 Å². The summed E-state index contributed by atoms with van der Waals surface area (Å²) in [4.78, 5) is 17.2. The number of nitrogens with zero attached hydrogens (tertiary/aromatic N) is 1. The number of halogens is 1. The number of aromatic nitrogens is 1. The van der Waals surface area contributed by atoms with Gasteiger partial charge in [-0.25, -0.2) is 0 Å². The lowest BCUT2D eigenvalue weighted by atomic mass is 10.3. The van der Waals surface area contributed by atoms with Crippen LogP contribution in [0.5, 0.6) is 5.75 Å². The van der Waals surface area contributed by atoms with Gasteiger partial charge in [0, 0.05) is 33.2 Å². The molecule has 1 N–H and O–H groups in total. The number of benzene rings is 2. The van der Waals surface area contributed by atoms with Crippen LogP contribution in [0.1, 0.15) is 5.56 Å². The topological polar surface area (TPSA) is 51.2 Å². The molecule has 1 heterocycles. The molecular weight excluding hydrogens is 412 g/mol. The molecule has 0 saturated heterocycles. The number of rotatable bonds is 7. The number of hydrogen-bond acceptors (Lipinski definition) is 4. The van der Waals surface area contributed by atoms with E-state index in [2.05, 4.69) is 32.3 Å². The van der Waals surface area contributed by atoms with E-state index in [1.165, 1.54) is 5.56 Å². The molecule has 0 aliphatic heterocycles. The number of carbonyl (C=O) groups is 1. The van der Waals surface area contributed by atoms with Crippen LogP contribution >= 0.6 is 27.7 Å². The molecule has 0 atom stereocenters. The number of anilines is 1. The molecule has 0 aliphatic carbocycles. The predicted octanol–water partition coefficient (Wildman–Crippen LogP) is 5.15. The minimum Gasteiger partial charge on any atom is -0.484 e. The van der Waals surface area contributed by atoms with Gasteiger partial charge in [-0.05, 0) is 60.2 Å². The van der Waals surface area contributed by atoms with Gasteiger partial charge in [-0.3, -0.25) is 9.78 Å². The highest BCUT2D eigenvalue weighted by Crippen LogP contribution is 2.24. The zero-order valence-corrected chi connectivity index (χ0v) is 16.3. The summed E-state index contributed by atoms with van der Waals surface area (Å²) in [5.74, 6) is 1.33. The number of carbonyl (C=O) groups excluding carboxylic acids is 1. The highest BCUT2D eigenvalue weighted by Gasteiger charge is 2.04. The Hall–Kier alpha value is -2.31. The van der Waals surface area contributed by atoms with Crippen molar-refractivity contribution in [3.8, 4) is 5.75 Å². The van der Waals surface area contributed by atoms with Crippen LogP contribution in [-0.4, -0.2) is 17.5 Å². The summed E-state index contributed by atoms with van der Waals surface area (Å²) in [5, 5.41) is 2.83. The van der Waals surface area contributed by atoms with Crippen molar-refractivity contribution >= 4 is 39.3 Å². The molecule has 0 aliphatic rings. The van der Waals surface area contributed by atoms with Gasteiger partial charge in [-0.1, -0.05) is 22.0 Å². The SMILES string of the molecule is O=C(COc1ccc(Br)cc1)Nc1ccc(SCc2cccnc2)cc1. The maximum absolute atomic E-state index is 12.0. The maximum Gasteiger partial charge on any atom is 0.262 e. The third kappa shape index (κ3) is 5.89. The minimum absolute atomic E-state index is 0.0286. The third-order valence-electron chi connectivity index (χ3n) is 3.45. The van der Waals surface area contributed by atoms with E-state index in [-0.39, 0.29) is 12.5 Å². The Kier molecular flexibility index (Phi) is 6.68. The van der Waals surface area contributed by atoms with E-state index in [0.717, 1.165) is 20.8 Å². The molecular formula is C20H17BrN2O2S. The highest BCUT2D eigenvalue weighted by atomic mass is 79.9. The van der Waals surface area contributed by atoms with Crippen LogP contribution in [0, 0.1) is 0 Å². The van der Waals surface area contributed by atoms with E-state index in [1.807, 2.05) is 60.8 Å². The number of hydrogen-bond donors (Lipinski definition) is 1. The maximum atomic E-state index is 12.0. The van der Waals surface area contributed by atoms with Crippen molar-refractivity contribution < 1.29 is 9.53 Å². The smallest absolute Gasteiger partial charge is 0.262 e. The molecule has 0 unspecified atom stereocenters. The Morgan fingerprint density at radius 3 is 2.54 bits per heavy atom. The van der Waals surface area contributed by atoms with Crippen LogP contribution in [0.4, 0.5) is 5.69 Å². The molecule has 3 aromatic rings. The lowest BCUT2D eigenvalue weighted by molar-refractivity contribution is -0.118. The number of thioether (sulfide) groups is 1. The van der Waals surface area contributed by atoms with E-state index in [1.54, 1.807) is 18.0 Å². The number of nitrogens with one attached hydrogen (secondary N) is 1. The van der Waals surface area contributed by atoms with Crippen LogP contribution in [0.3, 0.4) is 0 Å². The van der Waals surface area contributed by atoms with Gasteiger partial charge < -0.3 is 10.1 Å². The van der Waals surface area contributed by atoms with Gasteiger partial charge in [-0.2, -0.15) is 0 Å². The molecule has 0 saturated carbocycles. The van der Waals surface area contributed by atoms with E-state index in [9.17, 15) is 4.79 Å². The van der Waals surface area contributed by atoms with E-state index in [0.29, 0.717) is 5.75 Å². The largest absolute Gasteiger partial charge is 0.484 e. The lowest BCUT2D eigenvalue weighted by Gasteiger charge is -2.08. The van der Waals surface area contributed by atoms with Crippen molar-refractivity contribution in [3.63, 3.8) is 0 Å². The average molecular weight is 429 g/mol. The second kappa shape index (κ2) is 9.40. The standard InChI is InChI=1S/C20H17BrN2O2S/c21-16-3-7-18(8-4-16)25-13-20(24)23-17-5-9-19(10-6-17)26-14-15-2-1-11-22-12-15/h1-12H,13-14H2,(H,23,24). The normalized spacial score (nSPS) is 10.3. The molecule has 6 heteroatoms. The molecule has 0 radical (unpaired) electrons. The fourth-order valence-corrected chi connectivity index (χ4v) is 3.26. The van der Waals surface area contributed by atoms with Gasteiger partial charge in [0.05, 0.1) is 0 Å². The van der Waals surface area contributed by atoms with Crippen molar-refractivity contribution in [2.75, 3.05) is 11.9 Å². The van der Waals surface area contributed by atoms with E-state index >= 15 is 0 Å². The zero-order chi connectivity index (χ0) is 18.2. The molecule has 3 rings (SSSR count). The Labute approximate surface area is 165 Å². The van der Waals surface area contributed by atoms with Gasteiger partial charge in [-0.15, -0.1) is 11.8 Å². The molecule has 0 bridgehead atoms. The Bertz CT molecular complexity index is 840. The van der Waals surface area contributed by atoms with Crippen molar-refractivity contribution in [1.29, 1.82) is 0 Å². The molecule has 1 aromatic heterocycles. The summed E-state index contributed by atoms with van der Waals surface area (Å²) < 4.78 is 6.43. The van der Waals surface area contributed by atoms with Gasteiger partial charge >= 0.3 is 0 Å². The number of ether oxygens (including phenoxy) is 1. The first kappa shape index (κ1) is 18.5. The molecule has 132 valence electrons. The fourth-order valence-electron chi connectivity index (χ4n) is 2.16. The second-order valence-corrected chi connectivity index (χ2v) is 7.43. The minimum atomic E-state index is -0.191. The van der Waals surface area contributed by atoms with Gasteiger partial charge in [0.25, 0.3) is 5.91 Å². The fraction of sp³-hybridized carbons (Fsp3) is 0.100. The molecule has 2 aromatic carbocycles. The zero-order valence-electron chi connectivity index (χ0n) is 13.9. The Morgan fingerprint density at radius 2 is 1.85 bits per heavy atom. The van der Waals surface area contributed by atoms with Crippen LogP contribution in [0.2, 0.25) is 0 Å².